The van der Waals surface area contributed by atoms with Crippen molar-refractivity contribution in [1.82, 2.24) is 9.97 Å². The number of fused-ring (bicyclic) bond motifs is 1. The number of hydrogen-bond donors (Lipinski definition) is 2. The lowest BCUT2D eigenvalue weighted by molar-refractivity contribution is 1.32. The molecule has 4 heteroatoms. The molecule has 0 atom stereocenters. The van der Waals surface area contributed by atoms with Gasteiger partial charge in [0.1, 0.15) is 11.3 Å². The van der Waals surface area contributed by atoms with Crippen molar-refractivity contribution in [3.05, 3.63) is 47.0 Å². The Morgan fingerprint density at radius 3 is 2.83 bits per heavy atom. The Morgan fingerprint density at radius 2 is 2.06 bits per heavy atom. The summed E-state index contributed by atoms with van der Waals surface area (Å²) in [5.41, 5.74) is 10.4. The van der Waals surface area contributed by atoms with Crippen LogP contribution in [0.25, 0.3) is 22.4 Å². The van der Waals surface area contributed by atoms with Crippen LogP contribution in [0.2, 0.25) is 5.02 Å². The molecule has 18 heavy (non-hydrogen) atoms. The van der Waals surface area contributed by atoms with Gasteiger partial charge < -0.3 is 10.7 Å². The van der Waals surface area contributed by atoms with E-state index in [0.29, 0.717) is 10.7 Å². The van der Waals surface area contributed by atoms with Crippen LogP contribution in [0.5, 0.6) is 0 Å². The van der Waals surface area contributed by atoms with E-state index in [9.17, 15) is 0 Å². The van der Waals surface area contributed by atoms with Gasteiger partial charge in [-0.05, 0) is 31.2 Å². The highest BCUT2D eigenvalue weighted by Crippen LogP contribution is 2.29. The summed E-state index contributed by atoms with van der Waals surface area (Å²) in [5.74, 6) is 0.749. The van der Waals surface area contributed by atoms with E-state index in [0.717, 1.165) is 28.0 Å². The number of nitrogens with one attached hydrogen (secondary N) is 1. The zero-order valence-corrected chi connectivity index (χ0v) is 10.6. The summed E-state index contributed by atoms with van der Waals surface area (Å²) in [5, 5.41) is 0.640. The van der Waals surface area contributed by atoms with Crippen LogP contribution in [0.1, 0.15) is 5.56 Å². The van der Waals surface area contributed by atoms with Crippen LogP contribution in [-0.2, 0) is 0 Å². The predicted octanol–water partition coefficient (Wildman–Crippen LogP) is 3.77. The Hall–Kier alpha value is -2.00. The maximum atomic E-state index is 6.12. The van der Waals surface area contributed by atoms with Crippen LogP contribution in [0.4, 0.5) is 5.69 Å². The first-order valence-corrected chi connectivity index (χ1v) is 6.03. The zero-order chi connectivity index (χ0) is 12.7. The lowest BCUT2D eigenvalue weighted by atomic mass is 10.1. The molecule has 0 bridgehead atoms. The molecule has 1 heterocycles. The van der Waals surface area contributed by atoms with E-state index < -0.39 is 0 Å². The molecule has 0 saturated carbocycles. The molecule has 90 valence electrons. The number of hydrogen-bond acceptors (Lipinski definition) is 2. The van der Waals surface area contributed by atoms with E-state index in [-0.39, 0.29) is 0 Å². The molecule has 0 aliphatic carbocycles. The number of aryl methyl sites for hydroxylation is 1. The Bertz CT molecular complexity index is 731. The Kier molecular flexibility index (Phi) is 2.49. The highest BCUT2D eigenvalue weighted by atomic mass is 35.5. The molecule has 0 radical (unpaired) electrons. The Labute approximate surface area is 110 Å². The molecular formula is C14H12ClN3. The first-order chi connectivity index (χ1) is 8.65. The van der Waals surface area contributed by atoms with Crippen LogP contribution in [-0.4, -0.2) is 9.97 Å². The molecule has 1 aromatic heterocycles. The maximum absolute atomic E-state index is 6.12. The van der Waals surface area contributed by atoms with Crippen molar-refractivity contribution in [2.45, 2.75) is 6.92 Å². The van der Waals surface area contributed by atoms with E-state index in [2.05, 4.69) is 9.97 Å². The van der Waals surface area contributed by atoms with Gasteiger partial charge in [-0.3, -0.25) is 0 Å². The van der Waals surface area contributed by atoms with Gasteiger partial charge in [0, 0.05) is 11.3 Å². The summed E-state index contributed by atoms with van der Waals surface area (Å²) < 4.78 is 0. The molecule has 2 aromatic carbocycles. The minimum absolute atomic E-state index is 0.640. The lowest BCUT2D eigenvalue weighted by Crippen LogP contribution is -1.91. The molecule has 0 aliphatic rings. The number of rotatable bonds is 1. The van der Waals surface area contributed by atoms with Crippen molar-refractivity contribution >= 4 is 28.3 Å². The first kappa shape index (κ1) is 11.1. The number of aromatic amines is 1. The summed E-state index contributed by atoms with van der Waals surface area (Å²) in [6.07, 6.45) is 0. The molecule has 0 amide bonds. The van der Waals surface area contributed by atoms with Gasteiger partial charge in [-0.15, -0.1) is 0 Å². The summed E-state index contributed by atoms with van der Waals surface area (Å²) >= 11 is 6.12. The molecule has 3 rings (SSSR count). The van der Waals surface area contributed by atoms with Gasteiger partial charge in [-0.1, -0.05) is 29.3 Å². The molecular weight excluding hydrogens is 246 g/mol. The molecule has 3 nitrogen and oxygen atoms in total. The largest absolute Gasteiger partial charge is 0.398 e. The highest BCUT2D eigenvalue weighted by Gasteiger charge is 2.10. The van der Waals surface area contributed by atoms with Crippen LogP contribution in [0.15, 0.2) is 36.4 Å². The second-order valence-electron chi connectivity index (χ2n) is 4.31. The highest BCUT2D eigenvalue weighted by molar-refractivity contribution is 6.35. The average Bonchev–Trinajstić information content (AvgIpc) is 2.77. The van der Waals surface area contributed by atoms with Crippen LogP contribution >= 0.6 is 11.6 Å². The third-order valence-corrected chi connectivity index (χ3v) is 3.23. The van der Waals surface area contributed by atoms with Crippen molar-refractivity contribution in [3.63, 3.8) is 0 Å². The quantitative estimate of drug-likeness (QED) is 0.652. The van der Waals surface area contributed by atoms with Crippen molar-refractivity contribution in [3.8, 4) is 11.4 Å². The molecule has 0 fully saturated rings. The third-order valence-electron chi connectivity index (χ3n) is 2.93. The molecule has 0 aliphatic heterocycles. The minimum Gasteiger partial charge on any atom is -0.398 e. The van der Waals surface area contributed by atoms with Gasteiger partial charge in [0.15, 0.2) is 0 Å². The Morgan fingerprint density at radius 1 is 1.22 bits per heavy atom. The molecule has 3 aromatic rings. The number of nitrogen functional groups attached to an aromatic ring is 1. The number of anilines is 1. The summed E-state index contributed by atoms with van der Waals surface area (Å²) in [6, 6.07) is 11.6. The SMILES string of the molecule is Cc1ccc(N)c(-c2nc3c(Cl)cccc3[nH]2)c1. The fourth-order valence-corrected chi connectivity index (χ4v) is 2.22. The van der Waals surface area contributed by atoms with Gasteiger partial charge in [-0.25, -0.2) is 4.98 Å². The standard InChI is InChI=1S/C14H12ClN3/c1-8-5-6-11(16)9(7-8)14-17-12-4-2-3-10(15)13(12)18-14/h2-7H,16H2,1H3,(H,17,18). The molecule has 0 spiro atoms. The van der Waals surface area contributed by atoms with Crippen molar-refractivity contribution in [1.29, 1.82) is 0 Å². The van der Waals surface area contributed by atoms with Gasteiger partial charge >= 0.3 is 0 Å². The zero-order valence-electron chi connectivity index (χ0n) is 9.87. The van der Waals surface area contributed by atoms with Crippen LogP contribution in [0, 0.1) is 6.92 Å². The summed E-state index contributed by atoms with van der Waals surface area (Å²) in [6.45, 7) is 2.03. The number of H-pyrrole nitrogens is 1. The minimum atomic E-state index is 0.640. The van der Waals surface area contributed by atoms with Crippen LogP contribution in [0.3, 0.4) is 0 Å². The molecule has 0 saturated heterocycles. The van der Waals surface area contributed by atoms with Gasteiger partial charge in [0.2, 0.25) is 0 Å². The average molecular weight is 258 g/mol. The monoisotopic (exact) mass is 257 g/mol. The van der Waals surface area contributed by atoms with Crippen molar-refractivity contribution < 1.29 is 0 Å². The van der Waals surface area contributed by atoms with Crippen molar-refractivity contribution in [2.24, 2.45) is 0 Å². The predicted molar refractivity (Wildman–Crippen MR) is 75.7 cm³/mol. The number of aromatic nitrogens is 2. The lowest BCUT2D eigenvalue weighted by Gasteiger charge is -2.03. The van der Waals surface area contributed by atoms with Gasteiger partial charge in [-0.2, -0.15) is 0 Å². The molecule has 3 N–H and O–H groups in total. The maximum Gasteiger partial charge on any atom is 0.140 e. The topological polar surface area (TPSA) is 54.7 Å². The summed E-state index contributed by atoms with van der Waals surface area (Å²) in [7, 11) is 0. The number of benzene rings is 2. The normalized spacial score (nSPS) is 11.0. The van der Waals surface area contributed by atoms with E-state index in [1.54, 1.807) is 0 Å². The first-order valence-electron chi connectivity index (χ1n) is 5.66. The number of nitrogens with zero attached hydrogens (tertiary/aromatic N) is 1. The third kappa shape index (κ3) is 1.73. The van der Waals surface area contributed by atoms with E-state index in [1.807, 2.05) is 43.3 Å². The number of halogens is 1. The van der Waals surface area contributed by atoms with Gasteiger partial charge in [0.25, 0.3) is 0 Å². The van der Waals surface area contributed by atoms with E-state index >= 15 is 0 Å². The Balaban J connectivity index is 2.26. The second-order valence-corrected chi connectivity index (χ2v) is 4.72. The van der Waals surface area contributed by atoms with E-state index in [4.69, 9.17) is 17.3 Å². The second kappa shape index (κ2) is 4.03. The smallest absolute Gasteiger partial charge is 0.140 e. The molecule has 0 unspecified atom stereocenters. The number of para-hydroxylation sites is 1. The van der Waals surface area contributed by atoms with Crippen LogP contribution < -0.4 is 5.73 Å². The summed E-state index contributed by atoms with van der Waals surface area (Å²) in [4.78, 5) is 7.76. The van der Waals surface area contributed by atoms with Gasteiger partial charge in [0.05, 0.1) is 10.5 Å². The van der Waals surface area contributed by atoms with Crippen molar-refractivity contribution in [2.75, 3.05) is 5.73 Å². The number of imidazole rings is 1. The fraction of sp³-hybridized carbons (Fsp3) is 0.0714. The fourth-order valence-electron chi connectivity index (χ4n) is 2.00. The number of nitrogens with two attached hydrogens (primary N) is 1. The van der Waals surface area contributed by atoms with E-state index in [1.165, 1.54) is 0 Å².